The van der Waals surface area contributed by atoms with Crippen molar-refractivity contribution in [3.8, 4) is 34.1 Å². The first kappa shape index (κ1) is 18.6. The van der Waals surface area contributed by atoms with Gasteiger partial charge in [0.1, 0.15) is 17.3 Å². The SMILES string of the molecule is Oc1cccc(Nc2ncc(-c3ccc4c(c3)OCO4)c(Nc3cccc(O)c3)n2)c1. The van der Waals surface area contributed by atoms with Crippen LogP contribution in [0.3, 0.4) is 0 Å². The fourth-order valence-electron chi connectivity index (χ4n) is 3.25. The van der Waals surface area contributed by atoms with Crippen molar-refractivity contribution in [2.24, 2.45) is 0 Å². The van der Waals surface area contributed by atoms with Crippen molar-refractivity contribution in [2.75, 3.05) is 17.4 Å². The van der Waals surface area contributed by atoms with E-state index < -0.39 is 0 Å². The molecule has 0 saturated carbocycles. The summed E-state index contributed by atoms with van der Waals surface area (Å²) >= 11 is 0. The number of hydrogen-bond acceptors (Lipinski definition) is 8. The highest BCUT2D eigenvalue weighted by Gasteiger charge is 2.17. The number of aromatic hydroxyl groups is 2. The van der Waals surface area contributed by atoms with Gasteiger partial charge in [-0.1, -0.05) is 18.2 Å². The number of phenols is 2. The Hall–Kier alpha value is -4.46. The molecule has 0 saturated heterocycles. The fraction of sp³-hybridized carbons (Fsp3) is 0.0435. The van der Waals surface area contributed by atoms with Gasteiger partial charge in [-0.25, -0.2) is 4.98 Å². The Labute approximate surface area is 177 Å². The molecule has 4 aromatic rings. The van der Waals surface area contributed by atoms with E-state index in [0.717, 1.165) is 11.1 Å². The van der Waals surface area contributed by atoms with Gasteiger partial charge in [0.15, 0.2) is 11.5 Å². The van der Waals surface area contributed by atoms with Crippen LogP contribution in [0.15, 0.2) is 72.9 Å². The monoisotopic (exact) mass is 414 g/mol. The summed E-state index contributed by atoms with van der Waals surface area (Å²) in [5.41, 5.74) is 2.90. The van der Waals surface area contributed by atoms with E-state index in [1.807, 2.05) is 24.3 Å². The van der Waals surface area contributed by atoms with Crippen molar-refractivity contribution in [1.29, 1.82) is 0 Å². The van der Waals surface area contributed by atoms with Crippen LogP contribution in [0.5, 0.6) is 23.0 Å². The molecule has 0 atom stereocenters. The number of hydrogen-bond donors (Lipinski definition) is 4. The molecule has 0 spiro atoms. The Morgan fingerprint density at radius 3 is 2.23 bits per heavy atom. The molecule has 1 aromatic heterocycles. The summed E-state index contributed by atoms with van der Waals surface area (Å²) in [7, 11) is 0. The second kappa shape index (κ2) is 7.75. The maximum Gasteiger partial charge on any atom is 0.231 e. The van der Waals surface area contributed by atoms with Gasteiger partial charge in [-0.2, -0.15) is 4.98 Å². The van der Waals surface area contributed by atoms with E-state index in [1.54, 1.807) is 48.7 Å². The zero-order chi connectivity index (χ0) is 21.2. The average Bonchev–Trinajstić information content (AvgIpc) is 3.22. The van der Waals surface area contributed by atoms with E-state index in [2.05, 4.69) is 20.6 Å². The van der Waals surface area contributed by atoms with E-state index in [-0.39, 0.29) is 18.3 Å². The molecular formula is C23H18N4O4. The minimum atomic E-state index is 0.139. The third kappa shape index (κ3) is 3.99. The molecule has 8 nitrogen and oxygen atoms in total. The van der Waals surface area contributed by atoms with Crippen molar-refractivity contribution >= 4 is 23.1 Å². The van der Waals surface area contributed by atoms with Gasteiger partial charge in [-0.3, -0.25) is 0 Å². The fourth-order valence-corrected chi connectivity index (χ4v) is 3.25. The lowest BCUT2D eigenvalue weighted by Gasteiger charge is -2.14. The highest BCUT2D eigenvalue weighted by Crippen LogP contribution is 2.38. The van der Waals surface area contributed by atoms with E-state index in [0.29, 0.717) is 34.6 Å². The van der Waals surface area contributed by atoms with Crippen molar-refractivity contribution < 1.29 is 19.7 Å². The summed E-state index contributed by atoms with van der Waals surface area (Å²) < 4.78 is 10.9. The molecule has 31 heavy (non-hydrogen) atoms. The van der Waals surface area contributed by atoms with Crippen LogP contribution < -0.4 is 20.1 Å². The van der Waals surface area contributed by atoms with Gasteiger partial charge < -0.3 is 30.3 Å². The van der Waals surface area contributed by atoms with Crippen LogP contribution in [-0.2, 0) is 0 Å². The van der Waals surface area contributed by atoms with E-state index in [1.165, 1.54) is 0 Å². The first-order valence-electron chi connectivity index (χ1n) is 9.53. The van der Waals surface area contributed by atoms with Crippen LogP contribution >= 0.6 is 0 Å². The van der Waals surface area contributed by atoms with Gasteiger partial charge in [-0.15, -0.1) is 0 Å². The molecule has 0 radical (unpaired) electrons. The Balaban J connectivity index is 1.54. The molecule has 0 aliphatic carbocycles. The zero-order valence-corrected chi connectivity index (χ0v) is 16.2. The Kier molecular flexibility index (Phi) is 4.64. The van der Waals surface area contributed by atoms with Crippen molar-refractivity contribution in [3.63, 3.8) is 0 Å². The molecular weight excluding hydrogens is 396 g/mol. The molecule has 154 valence electrons. The van der Waals surface area contributed by atoms with Crippen molar-refractivity contribution in [1.82, 2.24) is 9.97 Å². The maximum atomic E-state index is 9.82. The first-order chi connectivity index (χ1) is 15.1. The molecule has 5 rings (SSSR count). The van der Waals surface area contributed by atoms with Gasteiger partial charge in [-0.05, 0) is 42.0 Å². The zero-order valence-electron chi connectivity index (χ0n) is 16.2. The van der Waals surface area contributed by atoms with Crippen LogP contribution in [0.4, 0.5) is 23.1 Å². The van der Waals surface area contributed by atoms with Gasteiger partial charge in [0.05, 0.1) is 0 Å². The van der Waals surface area contributed by atoms with E-state index >= 15 is 0 Å². The topological polar surface area (TPSA) is 109 Å². The maximum absolute atomic E-state index is 9.82. The minimum Gasteiger partial charge on any atom is -0.508 e. The van der Waals surface area contributed by atoms with Crippen molar-refractivity contribution in [2.45, 2.75) is 0 Å². The molecule has 4 N–H and O–H groups in total. The Morgan fingerprint density at radius 2 is 1.48 bits per heavy atom. The number of fused-ring (bicyclic) bond motifs is 1. The number of anilines is 4. The molecule has 0 bridgehead atoms. The lowest BCUT2D eigenvalue weighted by molar-refractivity contribution is 0.174. The summed E-state index contributed by atoms with van der Waals surface area (Å²) in [6, 6.07) is 19.1. The number of rotatable bonds is 5. The first-order valence-corrected chi connectivity index (χ1v) is 9.53. The summed E-state index contributed by atoms with van der Waals surface area (Å²) in [5.74, 6) is 2.50. The van der Waals surface area contributed by atoms with Gasteiger partial charge in [0, 0.05) is 35.3 Å². The predicted octanol–water partition coefficient (Wildman–Crippen LogP) is 4.77. The lowest BCUT2D eigenvalue weighted by atomic mass is 10.1. The highest BCUT2D eigenvalue weighted by atomic mass is 16.7. The number of nitrogens with zero attached hydrogens (tertiary/aromatic N) is 2. The lowest BCUT2D eigenvalue weighted by Crippen LogP contribution is -2.03. The van der Waals surface area contributed by atoms with E-state index in [9.17, 15) is 10.2 Å². The third-order valence-electron chi connectivity index (χ3n) is 4.68. The molecule has 3 aromatic carbocycles. The molecule has 1 aliphatic heterocycles. The van der Waals surface area contributed by atoms with Crippen LogP contribution in [0.1, 0.15) is 0 Å². The summed E-state index contributed by atoms with van der Waals surface area (Å²) in [5, 5.41) is 25.8. The average molecular weight is 414 g/mol. The third-order valence-corrected chi connectivity index (χ3v) is 4.68. The van der Waals surface area contributed by atoms with Crippen LogP contribution in [-0.4, -0.2) is 27.0 Å². The second-order valence-corrected chi connectivity index (χ2v) is 6.87. The molecule has 2 heterocycles. The number of nitrogens with one attached hydrogen (secondary N) is 2. The van der Waals surface area contributed by atoms with Gasteiger partial charge in [0.25, 0.3) is 0 Å². The van der Waals surface area contributed by atoms with Crippen LogP contribution in [0, 0.1) is 0 Å². The van der Waals surface area contributed by atoms with E-state index in [4.69, 9.17) is 9.47 Å². The second-order valence-electron chi connectivity index (χ2n) is 6.87. The molecule has 1 aliphatic rings. The van der Waals surface area contributed by atoms with Crippen molar-refractivity contribution in [3.05, 3.63) is 72.9 Å². The normalized spacial score (nSPS) is 11.9. The highest BCUT2D eigenvalue weighted by molar-refractivity contribution is 5.80. The quantitative estimate of drug-likeness (QED) is 0.370. The van der Waals surface area contributed by atoms with Crippen LogP contribution in [0.2, 0.25) is 0 Å². The predicted molar refractivity (Wildman–Crippen MR) is 116 cm³/mol. The number of benzene rings is 3. The standard InChI is InChI=1S/C23H18N4O4/c28-17-5-1-3-15(10-17)25-22-19(14-7-8-20-21(9-14)31-13-30-20)12-24-23(27-22)26-16-4-2-6-18(29)11-16/h1-12,28-29H,13H2,(H2,24,25,26,27). The molecule has 8 heteroatoms. The summed E-state index contributed by atoms with van der Waals surface area (Å²) in [4.78, 5) is 9.05. The van der Waals surface area contributed by atoms with Gasteiger partial charge in [0.2, 0.25) is 12.7 Å². The number of aromatic nitrogens is 2. The molecule has 0 amide bonds. The van der Waals surface area contributed by atoms with Gasteiger partial charge >= 0.3 is 0 Å². The Bertz CT molecular complexity index is 1260. The molecule has 0 fully saturated rings. The summed E-state index contributed by atoms with van der Waals surface area (Å²) in [6.45, 7) is 0.191. The molecule has 0 unspecified atom stereocenters. The van der Waals surface area contributed by atoms with Crippen LogP contribution in [0.25, 0.3) is 11.1 Å². The Morgan fingerprint density at radius 1 is 0.774 bits per heavy atom. The smallest absolute Gasteiger partial charge is 0.231 e. The largest absolute Gasteiger partial charge is 0.508 e. The summed E-state index contributed by atoms with van der Waals surface area (Å²) in [6.07, 6.45) is 1.70. The minimum absolute atomic E-state index is 0.139. The number of ether oxygens (including phenoxy) is 2. The number of phenolic OH excluding ortho intramolecular Hbond substituents is 2.